The Morgan fingerprint density at radius 2 is 1.82 bits per heavy atom. The fraction of sp³-hybridized carbons (Fsp3) is 0.222. The van der Waals surface area contributed by atoms with Crippen molar-refractivity contribution in [1.29, 1.82) is 0 Å². The van der Waals surface area contributed by atoms with Gasteiger partial charge in [0.2, 0.25) is 0 Å². The van der Waals surface area contributed by atoms with E-state index in [1.807, 2.05) is 30.3 Å². The molecule has 2 amide bonds. The lowest BCUT2D eigenvalue weighted by Crippen LogP contribution is -2.30. The first-order valence-electron chi connectivity index (χ1n) is 11.7. The lowest BCUT2D eigenvalue weighted by Gasteiger charge is -2.16. The van der Waals surface area contributed by atoms with Gasteiger partial charge < -0.3 is 19.5 Å². The minimum Gasteiger partial charge on any atom is -0.495 e. The molecular formula is C27H26F3N5O4. The van der Waals surface area contributed by atoms with Gasteiger partial charge in [-0.3, -0.25) is 10.3 Å². The van der Waals surface area contributed by atoms with Crippen molar-refractivity contribution in [2.75, 3.05) is 19.5 Å². The highest BCUT2D eigenvalue weighted by molar-refractivity contribution is 5.91. The molecule has 0 bridgehead atoms. The van der Waals surface area contributed by atoms with Gasteiger partial charge in [-0.25, -0.2) is 9.48 Å². The first kappa shape index (κ1) is 27.5. The predicted octanol–water partition coefficient (Wildman–Crippen LogP) is 5.62. The van der Waals surface area contributed by atoms with Crippen LogP contribution in [0.4, 0.5) is 23.8 Å². The summed E-state index contributed by atoms with van der Waals surface area (Å²) in [4.78, 5) is 17.2. The quantitative estimate of drug-likeness (QED) is 0.286. The smallest absolute Gasteiger partial charge is 0.495 e. The Hall–Kier alpha value is -4.58. The molecule has 12 heteroatoms. The Morgan fingerprint density at radius 1 is 1.05 bits per heavy atom. The van der Waals surface area contributed by atoms with Crippen LogP contribution in [0, 0.1) is 6.92 Å². The average molecular weight is 542 g/mol. The number of halogens is 3. The largest absolute Gasteiger partial charge is 0.573 e. The molecular weight excluding hydrogens is 515 g/mol. The first-order chi connectivity index (χ1) is 18.7. The average Bonchev–Trinajstić information content (AvgIpc) is 3.24. The highest BCUT2D eigenvalue weighted by Crippen LogP contribution is 2.32. The van der Waals surface area contributed by atoms with Crippen LogP contribution in [-0.2, 0) is 17.9 Å². The van der Waals surface area contributed by atoms with Crippen LogP contribution >= 0.6 is 0 Å². The van der Waals surface area contributed by atoms with E-state index in [2.05, 4.69) is 20.4 Å². The van der Waals surface area contributed by atoms with Crippen molar-refractivity contribution < 1.29 is 32.2 Å². The number of benzene rings is 2. The zero-order valence-corrected chi connectivity index (χ0v) is 21.4. The summed E-state index contributed by atoms with van der Waals surface area (Å²) in [6, 6.07) is 14.4. The van der Waals surface area contributed by atoms with Gasteiger partial charge in [0.05, 0.1) is 31.3 Å². The third-order valence-electron chi connectivity index (χ3n) is 5.68. The molecule has 2 aromatic heterocycles. The van der Waals surface area contributed by atoms with Crippen LogP contribution in [0.15, 0.2) is 67.0 Å². The third kappa shape index (κ3) is 6.85. The second kappa shape index (κ2) is 11.9. The van der Waals surface area contributed by atoms with Crippen LogP contribution < -0.4 is 20.1 Å². The Balaban J connectivity index is 1.62. The molecule has 0 unspecified atom stereocenters. The maximum atomic E-state index is 13.0. The molecule has 0 saturated carbocycles. The van der Waals surface area contributed by atoms with Crippen molar-refractivity contribution >= 4 is 11.8 Å². The molecule has 4 rings (SSSR count). The highest BCUT2D eigenvalue weighted by atomic mass is 19.4. The molecule has 0 aliphatic heterocycles. The number of hydrogen-bond donors (Lipinski definition) is 2. The molecule has 204 valence electrons. The summed E-state index contributed by atoms with van der Waals surface area (Å²) in [5.74, 6) is 0.499. The zero-order chi connectivity index (χ0) is 28.0. The topological polar surface area (TPSA) is 99.5 Å². The minimum atomic E-state index is -4.88. The number of hydrogen-bond acceptors (Lipinski definition) is 6. The van der Waals surface area contributed by atoms with Crippen LogP contribution in [0.2, 0.25) is 0 Å². The number of pyridine rings is 1. The number of carbonyl (C=O) groups excluding carboxylic acids is 1. The molecule has 2 N–H and O–H groups in total. The molecule has 4 aromatic rings. The molecule has 0 radical (unpaired) electrons. The second-order valence-corrected chi connectivity index (χ2v) is 8.41. The summed E-state index contributed by atoms with van der Waals surface area (Å²) in [5, 5.41) is 10.1. The van der Waals surface area contributed by atoms with Crippen LogP contribution in [0.3, 0.4) is 0 Å². The lowest BCUT2D eigenvalue weighted by molar-refractivity contribution is -0.274. The van der Waals surface area contributed by atoms with Crippen LogP contribution in [0.1, 0.15) is 16.7 Å². The van der Waals surface area contributed by atoms with Gasteiger partial charge in [-0.15, -0.1) is 13.2 Å². The number of methoxy groups -OCH3 is 2. The van der Waals surface area contributed by atoms with Crippen LogP contribution in [0.5, 0.6) is 11.5 Å². The number of carbonyl (C=O) groups is 1. The van der Waals surface area contributed by atoms with E-state index in [-0.39, 0.29) is 18.7 Å². The maximum Gasteiger partial charge on any atom is 0.573 e. The van der Waals surface area contributed by atoms with Gasteiger partial charge in [0.1, 0.15) is 17.3 Å². The summed E-state index contributed by atoms with van der Waals surface area (Å²) in [5.41, 5.74) is 3.33. The first-order valence-corrected chi connectivity index (χ1v) is 11.7. The fourth-order valence-corrected chi connectivity index (χ4v) is 3.91. The van der Waals surface area contributed by atoms with Crippen molar-refractivity contribution in [3.05, 3.63) is 83.7 Å². The maximum absolute atomic E-state index is 13.0. The van der Waals surface area contributed by atoms with Gasteiger partial charge in [-0.05, 0) is 42.8 Å². The van der Waals surface area contributed by atoms with E-state index < -0.39 is 18.1 Å². The molecule has 0 spiro atoms. The number of amides is 2. The molecule has 2 aromatic carbocycles. The van der Waals surface area contributed by atoms with E-state index >= 15 is 0 Å². The van der Waals surface area contributed by atoms with Gasteiger partial charge in [0, 0.05) is 36.5 Å². The molecule has 39 heavy (non-hydrogen) atoms. The minimum absolute atomic E-state index is 0.133. The van der Waals surface area contributed by atoms with Gasteiger partial charge in [0.15, 0.2) is 0 Å². The molecule has 2 heterocycles. The summed E-state index contributed by atoms with van der Waals surface area (Å²) >= 11 is 0. The van der Waals surface area contributed by atoms with E-state index in [1.165, 1.54) is 32.4 Å². The monoisotopic (exact) mass is 541 g/mol. The van der Waals surface area contributed by atoms with Crippen molar-refractivity contribution in [2.45, 2.75) is 26.4 Å². The van der Waals surface area contributed by atoms with E-state index in [1.54, 1.807) is 30.1 Å². The highest BCUT2D eigenvalue weighted by Gasteiger charge is 2.32. The number of nitrogens with zero attached hydrogens (tertiary/aromatic N) is 3. The Bertz CT molecular complexity index is 1440. The number of rotatable bonds is 9. The van der Waals surface area contributed by atoms with Gasteiger partial charge in [0.25, 0.3) is 0 Å². The number of urea groups is 1. The summed E-state index contributed by atoms with van der Waals surface area (Å²) in [6.45, 7) is 1.74. The fourth-order valence-electron chi connectivity index (χ4n) is 3.91. The van der Waals surface area contributed by atoms with E-state index in [4.69, 9.17) is 14.6 Å². The van der Waals surface area contributed by atoms with Crippen LogP contribution in [-0.4, -0.2) is 41.4 Å². The third-order valence-corrected chi connectivity index (χ3v) is 5.68. The molecule has 0 aliphatic rings. The number of anilines is 1. The molecule has 0 atom stereocenters. The predicted molar refractivity (Wildman–Crippen MR) is 138 cm³/mol. The van der Waals surface area contributed by atoms with Crippen molar-refractivity contribution in [1.82, 2.24) is 20.1 Å². The SMILES string of the molecule is COCc1ccc(OC(F)(F)F)c(CNC(=O)Nc2c(C)c(-c3cncc(OC)c3)nn2-c2ccccc2)c1. The number of aromatic nitrogens is 3. The Kier molecular flexibility index (Phi) is 8.35. The van der Waals surface area contributed by atoms with E-state index in [0.717, 1.165) is 0 Å². The molecule has 0 saturated heterocycles. The molecule has 0 aliphatic carbocycles. The number of alkyl halides is 3. The summed E-state index contributed by atoms with van der Waals surface area (Å²) in [6.07, 6.45) is -1.69. The van der Waals surface area contributed by atoms with Crippen molar-refractivity contribution in [3.63, 3.8) is 0 Å². The second-order valence-electron chi connectivity index (χ2n) is 8.41. The van der Waals surface area contributed by atoms with Crippen molar-refractivity contribution in [3.8, 4) is 28.4 Å². The van der Waals surface area contributed by atoms with Gasteiger partial charge in [-0.1, -0.05) is 24.3 Å². The summed E-state index contributed by atoms with van der Waals surface area (Å²) < 4.78 is 54.8. The number of para-hydroxylation sites is 1. The van der Waals surface area contributed by atoms with Gasteiger partial charge >= 0.3 is 12.4 Å². The standard InChI is InChI=1S/C27H26F3N5O4/c1-17-24(20-12-22(38-3)15-31-13-20)34-35(21-7-5-4-6-8-21)25(17)33-26(36)32-14-19-11-18(16-37-2)9-10-23(19)39-27(28,29)30/h4-13,15H,14,16H2,1-3H3,(H2,32,33,36). The van der Waals surface area contributed by atoms with Crippen molar-refractivity contribution in [2.24, 2.45) is 0 Å². The molecule has 9 nitrogen and oxygen atoms in total. The van der Waals surface area contributed by atoms with E-state index in [0.29, 0.717) is 39.6 Å². The lowest BCUT2D eigenvalue weighted by atomic mass is 10.1. The number of ether oxygens (including phenoxy) is 3. The number of nitrogens with one attached hydrogen (secondary N) is 2. The van der Waals surface area contributed by atoms with Gasteiger partial charge in [-0.2, -0.15) is 5.10 Å². The molecule has 0 fully saturated rings. The summed E-state index contributed by atoms with van der Waals surface area (Å²) in [7, 11) is 3.00. The zero-order valence-electron chi connectivity index (χ0n) is 21.4. The normalized spacial score (nSPS) is 11.2. The van der Waals surface area contributed by atoms with Crippen LogP contribution in [0.25, 0.3) is 16.9 Å². The Morgan fingerprint density at radius 3 is 2.51 bits per heavy atom. The van der Waals surface area contributed by atoms with E-state index in [9.17, 15) is 18.0 Å². The Labute approximate surface area is 222 Å².